The number of aliphatic hydroxyl groups excluding tert-OH is 1. The molecule has 3 N–H and O–H groups in total. The number of aliphatic hydroxyl groups is 1. The van der Waals surface area contributed by atoms with E-state index in [2.05, 4.69) is 29.1 Å². The summed E-state index contributed by atoms with van der Waals surface area (Å²) < 4.78 is 34.1. The smallest absolute Gasteiger partial charge is 0.179 e. The Hall–Kier alpha value is -2.88. The van der Waals surface area contributed by atoms with E-state index in [1.165, 1.54) is 0 Å². The Morgan fingerprint density at radius 2 is 1.73 bits per heavy atom. The first-order valence-corrected chi connectivity index (χ1v) is 18.5. The Kier molecular flexibility index (Phi) is 12.9. The molecular formula is C36H54N4O4S. The number of hydrogen-bond acceptors (Lipinski definition) is 7. The van der Waals surface area contributed by atoms with Crippen LogP contribution >= 0.6 is 0 Å². The Bertz CT molecular complexity index is 1400. The lowest BCUT2D eigenvalue weighted by Crippen LogP contribution is -2.43. The second-order valence-corrected chi connectivity index (χ2v) is 14.9. The number of ether oxygens (including phenoxy) is 1. The molecule has 2 aromatic carbocycles. The highest BCUT2D eigenvalue weighted by Gasteiger charge is 2.49. The van der Waals surface area contributed by atoms with Crippen molar-refractivity contribution in [3.8, 4) is 5.75 Å². The zero-order valence-electron chi connectivity index (χ0n) is 27.7. The van der Waals surface area contributed by atoms with Gasteiger partial charge in [-0.3, -0.25) is 0 Å². The third-order valence-corrected chi connectivity index (χ3v) is 11.3. The van der Waals surface area contributed by atoms with Crippen LogP contribution in [0.15, 0.2) is 59.9 Å². The molecule has 0 aliphatic carbocycles. The summed E-state index contributed by atoms with van der Waals surface area (Å²) >= 11 is 0. The first-order valence-electron chi connectivity index (χ1n) is 16.8. The van der Waals surface area contributed by atoms with Gasteiger partial charge in [0.25, 0.3) is 0 Å². The molecule has 0 amide bonds. The van der Waals surface area contributed by atoms with Crippen LogP contribution in [-0.4, -0.2) is 69.1 Å². The molecule has 0 bridgehead atoms. The molecular weight excluding hydrogens is 584 g/mol. The van der Waals surface area contributed by atoms with Crippen molar-refractivity contribution in [2.45, 2.75) is 95.0 Å². The van der Waals surface area contributed by atoms with E-state index < -0.39 is 27.3 Å². The zero-order chi connectivity index (χ0) is 32.3. The van der Waals surface area contributed by atoms with Gasteiger partial charge < -0.3 is 25.0 Å². The molecule has 0 fully saturated rings. The number of H-pyrrole nitrogens is 1. The third kappa shape index (κ3) is 9.11. The summed E-state index contributed by atoms with van der Waals surface area (Å²) in [6.45, 7) is 6.81. The van der Waals surface area contributed by atoms with E-state index in [1.54, 1.807) is 12.4 Å². The molecule has 0 radical (unpaired) electrons. The number of unbranched alkanes of at least 4 members (excludes halogenated alkanes) is 4. The predicted molar refractivity (Wildman–Crippen MR) is 183 cm³/mol. The van der Waals surface area contributed by atoms with E-state index in [0.29, 0.717) is 29.9 Å². The van der Waals surface area contributed by atoms with Crippen LogP contribution in [0.3, 0.4) is 0 Å². The standard InChI is InChI=1S/C36H54N4O4S/c1-5-7-19-36(20-8-6-2)26-45(42,43)33-17-14-30(40(3)4)24-32(33)34(35(36)41)28-12-15-31(16-13-28)44-23-11-9-10-21-37-22-18-29-25-38-27-39-29/h12-17,24-25,27,34-35,37,41H,5-11,18-23,26H2,1-4H3,(H,38,39)/t34?,35-/m1/s1. The summed E-state index contributed by atoms with van der Waals surface area (Å²) in [5.41, 5.74) is 2.97. The number of aromatic nitrogens is 2. The van der Waals surface area contributed by atoms with Gasteiger partial charge in [-0.15, -0.1) is 0 Å². The van der Waals surface area contributed by atoms with Crippen molar-refractivity contribution >= 4 is 15.5 Å². The number of sulfone groups is 1. The zero-order valence-corrected chi connectivity index (χ0v) is 28.5. The number of anilines is 1. The van der Waals surface area contributed by atoms with Crippen molar-refractivity contribution in [3.63, 3.8) is 0 Å². The van der Waals surface area contributed by atoms with Crippen LogP contribution in [0.5, 0.6) is 5.75 Å². The fourth-order valence-corrected chi connectivity index (χ4v) is 8.84. The molecule has 1 aliphatic heterocycles. The highest BCUT2D eigenvalue weighted by atomic mass is 32.2. The number of imidazole rings is 1. The summed E-state index contributed by atoms with van der Waals surface area (Å²) in [4.78, 5) is 9.51. The molecule has 3 aromatic rings. The van der Waals surface area contributed by atoms with Crippen LogP contribution in [0, 0.1) is 5.41 Å². The molecule has 9 heteroatoms. The van der Waals surface area contributed by atoms with Gasteiger partial charge in [0, 0.05) is 56.0 Å². The van der Waals surface area contributed by atoms with Crippen LogP contribution in [0.25, 0.3) is 0 Å². The van der Waals surface area contributed by atoms with Crippen molar-refractivity contribution in [1.29, 1.82) is 0 Å². The van der Waals surface area contributed by atoms with Gasteiger partial charge in [-0.05, 0) is 80.1 Å². The number of rotatable bonds is 18. The average molecular weight is 639 g/mol. The topological polar surface area (TPSA) is 108 Å². The van der Waals surface area contributed by atoms with Crippen LogP contribution in [0.2, 0.25) is 0 Å². The van der Waals surface area contributed by atoms with E-state index >= 15 is 0 Å². The summed E-state index contributed by atoms with van der Waals surface area (Å²) in [7, 11) is 0.291. The molecule has 1 aromatic heterocycles. The van der Waals surface area contributed by atoms with E-state index in [4.69, 9.17) is 4.74 Å². The molecule has 45 heavy (non-hydrogen) atoms. The molecule has 2 atom stereocenters. The number of hydrogen-bond donors (Lipinski definition) is 3. The SMILES string of the molecule is CCCCC1(CCCC)CS(=O)(=O)c2ccc(N(C)C)cc2C(c2ccc(OCCCCCNCCc3cnc[nH]3)cc2)[C@H]1O. The maximum Gasteiger partial charge on any atom is 0.179 e. The van der Waals surface area contributed by atoms with Crippen LogP contribution in [0.1, 0.15) is 94.4 Å². The highest BCUT2D eigenvalue weighted by Crippen LogP contribution is 2.50. The Morgan fingerprint density at radius 1 is 1.00 bits per heavy atom. The Morgan fingerprint density at radius 3 is 2.38 bits per heavy atom. The van der Waals surface area contributed by atoms with Crippen molar-refractivity contribution in [1.82, 2.24) is 15.3 Å². The van der Waals surface area contributed by atoms with Crippen molar-refractivity contribution in [2.75, 3.05) is 44.4 Å². The Labute approximate surface area is 270 Å². The molecule has 1 unspecified atom stereocenters. The van der Waals surface area contributed by atoms with E-state index in [-0.39, 0.29) is 5.75 Å². The van der Waals surface area contributed by atoms with Crippen molar-refractivity contribution in [2.24, 2.45) is 5.41 Å². The summed E-state index contributed by atoms with van der Waals surface area (Å²) in [5.74, 6) is 0.311. The summed E-state index contributed by atoms with van der Waals surface area (Å²) in [6, 6.07) is 13.6. The lowest BCUT2D eigenvalue weighted by molar-refractivity contribution is 0.0127. The van der Waals surface area contributed by atoms with Gasteiger partial charge in [0.05, 0.1) is 29.7 Å². The largest absolute Gasteiger partial charge is 0.494 e. The van der Waals surface area contributed by atoms with E-state index in [1.807, 2.05) is 61.6 Å². The quantitative estimate of drug-likeness (QED) is 0.137. The van der Waals surface area contributed by atoms with E-state index in [9.17, 15) is 13.5 Å². The van der Waals surface area contributed by atoms with Gasteiger partial charge in [0.2, 0.25) is 0 Å². The maximum absolute atomic E-state index is 14.0. The first kappa shape index (κ1) is 35.0. The van der Waals surface area contributed by atoms with E-state index in [0.717, 1.165) is 87.2 Å². The lowest BCUT2D eigenvalue weighted by atomic mass is 9.68. The highest BCUT2D eigenvalue weighted by molar-refractivity contribution is 7.91. The lowest BCUT2D eigenvalue weighted by Gasteiger charge is -2.40. The average Bonchev–Trinajstić information content (AvgIpc) is 3.53. The monoisotopic (exact) mass is 638 g/mol. The Balaban J connectivity index is 1.48. The minimum absolute atomic E-state index is 0.0209. The summed E-state index contributed by atoms with van der Waals surface area (Å²) in [6.07, 6.45) is 11.9. The number of aromatic amines is 1. The van der Waals surface area contributed by atoms with Crippen LogP contribution in [-0.2, 0) is 16.3 Å². The van der Waals surface area contributed by atoms with Crippen LogP contribution < -0.4 is 15.0 Å². The van der Waals surface area contributed by atoms with Crippen LogP contribution in [0.4, 0.5) is 5.69 Å². The molecule has 2 heterocycles. The predicted octanol–water partition coefficient (Wildman–Crippen LogP) is 6.50. The maximum atomic E-state index is 14.0. The van der Waals surface area contributed by atoms with Gasteiger partial charge in [0.1, 0.15) is 5.75 Å². The van der Waals surface area contributed by atoms with Gasteiger partial charge in [-0.1, -0.05) is 51.7 Å². The molecule has 8 nitrogen and oxygen atoms in total. The number of nitrogens with zero attached hydrogens (tertiary/aromatic N) is 2. The molecule has 0 saturated heterocycles. The number of nitrogens with one attached hydrogen (secondary N) is 2. The molecule has 0 saturated carbocycles. The second-order valence-electron chi connectivity index (χ2n) is 12.9. The van der Waals surface area contributed by atoms with Gasteiger partial charge in [-0.2, -0.15) is 0 Å². The molecule has 248 valence electrons. The van der Waals surface area contributed by atoms with Gasteiger partial charge in [-0.25, -0.2) is 13.4 Å². The third-order valence-electron chi connectivity index (χ3n) is 9.29. The fraction of sp³-hybridized carbons (Fsp3) is 0.583. The number of benzene rings is 2. The normalized spacial score (nSPS) is 18.7. The minimum atomic E-state index is -3.62. The van der Waals surface area contributed by atoms with Crippen molar-refractivity contribution < 1.29 is 18.3 Å². The van der Waals surface area contributed by atoms with Gasteiger partial charge >= 0.3 is 0 Å². The summed E-state index contributed by atoms with van der Waals surface area (Å²) in [5, 5.41) is 15.8. The molecule has 0 spiro atoms. The first-order chi connectivity index (χ1) is 21.7. The number of fused-ring (bicyclic) bond motifs is 1. The fourth-order valence-electron chi connectivity index (χ4n) is 6.65. The van der Waals surface area contributed by atoms with Gasteiger partial charge in [0.15, 0.2) is 9.84 Å². The minimum Gasteiger partial charge on any atom is -0.494 e. The second kappa shape index (κ2) is 16.6. The molecule has 1 aliphatic rings. The van der Waals surface area contributed by atoms with Crippen molar-refractivity contribution in [3.05, 3.63) is 71.8 Å². The molecule has 4 rings (SSSR count).